The van der Waals surface area contributed by atoms with E-state index in [9.17, 15) is 0 Å². The zero-order chi connectivity index (χ0) is 15.0. The van der Waals surface area contributed by atoms with Crippen LogP contribution < -0.4 is 9.47 Å². The van der Waals surface area contributed by atoms with Gasteiger partial charge in [0.1, 0.15) is 28.8 Å². The van der Waals surface area contributed by atoms with Crippen LogP contribution in [0.4, 0.5) is 0 Å². The molecule has 3 rings (SSSR count). The minimum atomic E-state index is 0.631. The molecule has 1 aromatic heterocycles. The Bertz CT molecular complexity index is 866. The van der Waals surface area contributed by atoms with Gasteiger partial charge in [-0.25, -0.2) is 0 Å². The molecule has 0 unspecified atom stereocenters. The van der Waals surface area contributed by atoms with Gasteiger partial charge in [0, 0.05) is 21.9 Å². The molecule has 0 spiro atoms. The Morgan fingerprint density at radius 1 is 1.00 bits per heavy atom. The molecule has 0 saturated heterocycles. The molecule has 0 N–H and O–H groups in total. The lowest BCUT2D eigenvalue weighted by Crippen LogP contribution is -1.93. The Kier molecular flexibility index (Phi) is 3.23. The topological polar surface area (TPSA) is 31.6 Å². The Balaban J connectivity index is 2.31. The van der Waals surface area contributed by atoms with Crippen LogP contribution in [0.5, 0.6) is 11.5 Å². The van der Waals surface area contributed by atoms with E-state index in [2.05, 4.69) is 6.11 Å². The maximum absolute atomic E-state index is 6.06. The molecule has 0 bridgehead atoms. The second-order valence-corrected chi connectivity index (χ2v) is 4.89. The summed E-state index contributed by atoms with van der Waals surface area (Å²) in [6, 6.07) is 7.86. The van der Waals surface area contributed by atoms with Gasteiger partial charge in [-0.05, 0) is 45.0 Å². The van der Waals surface area contributed by atoms with Gasteiger partial charge < -0.3 is 13.9 Å². The van der Waals surface area contributed by atoms with Crippen molar-refractivity contribution in [1.29, 1.82) is 0 Å². The second-order valence-electron chi connectivity index (χ2n) is 4.89. The first-order valence-electron chi connectivity index (χ1n) is 6.88. The zero-order valence-corrected chi connectivity index (χ0v) is 12.3. The van der Waals surface area contributed by atoms with Crippen LogP contribution in [0, 0.1) is 26.4 Å². The molecule has 106 valence electrons. The van der Waals surface area contributed by atoms with Crippen LogP contribution in [0.25, 0.3) is 21.9 Å². The fourth-order valence-corrected chi connectivity index (χ4v) is 2.62. The van der Waals surface area contributed by atoms with Crippen LogP contribution in [0.15, 0.2) is 28.7 Å². The van der Waals surface area contributed by atoms with Crippen molar-refractivity contribution in [1.82, 2.24) is 0 Å². The zero-order valence-electron chi connectivity index (χ0n) is 12.3. The van der Waals surface area contributed by atoms with Crippen molar-refractivity contribution in [2.75, 3.05) is 6.61 Å². The van der Waals surface area contributed by atoms with Gasteiger partial charge in [-0.2, -0.15) is 0 Å². The highest BCUT2D eigenvalue weighted by Gasteiger charge is 2.15. The number of furan rings is 1. The number of terminal acetylenes is 1. The van der Waals surface area contributed by atoms with Crippen LogP contribution in [0.3, 0.4) is 0 Å². The quantitative estimate of drug-likeness (QED) is 0.658. The van der Waals surface area contributed by atoms with E-state index in [1.807, 2.05) is 45.0 Å². The van der Waals surface area contributed by atoms with Crippen LogP contribution in [0.1, 0.15) is 18.1 Å². The van der Waals surface area contributed by atoms with Gasteiger partial charge >= 0.3 is 0 Å². The lowest BCUT2D eigenvalue weighted by Gasteiger charge is -2.06. The molecule has 0 aliphatic rings. The highest BCUT2D eigenvalue weighted by atomic mass is 16.5. The first-order chi connectivity index (χ1) is 10.2. The van der Waals surface area contributed by atoms with E-state index in [0.29, 0.717) is 12.4 Å². The Morgan fingerprint density at radius 3 is 2.14 bits per heavy atom. The summed E-state index contributed by atoms with van der Waals surface area (Å²) in [7, 11) is 0. The molecule has 21 heavy (non-hydrogen) atoms. The van der Waals surface area contributed by atoms with Crippen LogP contribution in [0.2, 0.25) is 0 Å². The molecule has 3 heteroatoms. The lowest BCUT2D eigenvalue weighted by molar-refractivity contribution is 0.338. The van der Waals surface area contributed by atoms with Gasteiger partial charge in [-0.15, -0.1) is 0 Å². The van der Waals surface area contributed by atoms with Crippen molar-refractivity contribution in [2.45, 2.75) is 20.8 Å². The van der Waals surface area contributed by atoms with Crippen molar-refractivity contribution in [3.05, 3.63) is 35.4 Å². The molecule has 0 amide bonds. The third-order valence-corrected chi connectivity index (χ3v) is 3.68. The van der Waals surface area contributed by atoms with Gasteiger partial charge in [0.2, 0.25) is 0 Å². The predicted molar refractivity (Wildman–Crippen MR) is 83.8 cm³/mol. The van der Waals surface area contributed by atoms with Crippen LogP contribution in [-0.4, -0.2) is 6.61 Å². The van der Waals surface area contributed by atoms with E-state index in [4.69, 9.17) is 20.3 Å². The van der Waals surface area contributed by atoms with Gasteiger partial charge in [-0.3, -0.25) is 0 Å². The average Bonchev–Trinajstić information content (AvgIpc) is 2.86. The Labute approximate surface area is 123 Å². The van der Waals surface area contributed by atoms with Gasteiger partial charge in [0.25, 0.3) is 0 Å². The van der Waals surface area contributed by atoms with E-state index in [1.54, 1.807) is 0 Å². The number of hydrogen-bond acceptors (Lipinski definition) is 3. The summed E-state index contributed by atoms with van der Waals surface area (Å²) in [6.45, 7) is 6.54. The van der Waals surface area contributed by atoms with Crippen molar-refractivity contribution in [3.63, 3.8) is 0 Å². The van der Waals surface area contributed by atoms with E-state index in [-0.39, 0.29) is 0 Å². The van der Waals surface area contributed by atoms with Gasteiger partial charge in [0.05, 0.1) is 6.61 Å². The van der Waals surface area contributed by atoms with Crippen molar-refractivity contribution in [3.8, 4) is 24.0 Å². The normalized spacial score (nSPS) is 10.8. The number of rotatable bonds is 3. The van der Waals surface area contributed by atoms with Crippen molar-refractivity contribution < 1.29 is 13.9 Å². The van der Waals surface area contributed by atoms with Crippen LogP contribution >= 0.6 is 0 Å². The second kappa shape index (κ2) is 5.06. The summed E-state index contributed by atoms with van der Waals surface area (Å²) in [5.41, 5.74) is 3.55. The molecule has 0 fully saturated rings. The third kappa shape index (κ3) is 2.00. The fraction of sp³-hybridized carbons (Fsp3) is 0.222. The molecular formula is C18H16O3. The number of benzene rings is 2. The lowest BCUT2D eigenvalue weighted by atomic mass is 10.1. The van der Waals surface area contributed by atoms with E-state index < -0.39 is 0 Å². The van der Waals surface area contributed by atoms with Crippen LogP contribution in [-0.2, 0) is 0 Å². The average molecular weight is 280 g/mol. The molecule has 3 nitrogen and oxygen atoms in total. The van der Waals surface area contributed by atoms with E-state index >= 15 is 0 Å². The van der Waals surface area contributed by atoms with Gasteiger partial charge in [0.15, 0.2) is 0 Å². The molecule has 0 atom stereocenters. The van der Waals surface area contributed by atoms with E-state index in [1.165, 1.54) is 0 Å². The standard InChI is InChI=1S/C18H16O3/c1-5-19-15-9-7-13-14-8-10-16(20-6-2)12(4)18(14)21-17(13)11(15)3/h1,7-10H,6H2,2-4H3. The maximum Gasteiger partial charge on any atom is 0.146 e. The first kappa shape index (κ1) is 13.4. The predicted octanol–water partition coefficient (Wildman–Crippen LogP) is 4.57. The molecule has 1 heterocycles. The Hall–Kier alpha value is -2.60. The Morgan fingerprint density at radius 2 is 1.57 bits per heavy atom. The minimum absolute atomic E-state index is 0.631. The molecule has 0 radical (unpaired) electrons. The number of aryl methyl sites for hydroxylation is 2. The summed E-state index contributed by atoms with van der Waals surface area (Å²) in [6.07, 6.45) is 7.41. The molecular weight excluding hydrogens is 264 g/mol. The molecule has 0 aliphatic carbocycles. The van der Waals surface area contributed by atoms with Gasteiger partial charge in [-0.1, -0.05) is 6.42 Å². The summed E-state index contributed by atoms with van der Waals surface area (Å²) in [4.78, 5) is 0. The first-order valence-corrected chi connectivity index (χ1v) is 6.88. The summed E-state index contributed by atoms with van der Waals surface area (Å²) < 4.78 is 16.9. The van der Waals surface area contributed by atoms with Crippen molar-refractivity contribution >= 4 is 21.9 Å². The molecule has 3 aromatic rings. The maximum atomic E-state index is 6.06. The molecule has 0 saturated carbocycles. The summed E-state index contributed by atoms with van der Waals surface area (Å²) in [5.74, 6) is 1.49. The molecule has 0 aliphatic heterocycles. The fourth-order valence-electron chi connectivity index (χ4n) is 2.62. The van der Waals surface area contributed by atoms with Crippen molar-refractivity contribution in [2.24, 2.45) is 0 Å². The highest BCUT2D eigenvalue weighted by molar-refractivity contribution is 6.07. The summed E-state index contributed by atoms with van der Waals surface area (Å²) >= 11 is 0. The number of ether oxygens (including phenoxy) is 2. The minimum Gasteiger partial charge on any atom is -0.493 e. The highest BCUT2D eigenvalue weighted by Crippen LogP contribution is 2.38. The third-order valence-electron chi connectivity index (χ3n) is 3.68. The monoisotopic (exact) mass is 280 g/mol. The SMILES string of the molecule is C#COc1ccc2c(oc3c(C)c(OCC)ccc32)c1C. The molecule has 2 aromatic carbocycles. The van der Waals surface area contributed by atoms with E-state index in [0.717, 1.165) is 38.8 Å². The number of hydrogen-bond donors (Lipinski definition) is 0. The largest absolute Gasteiger partial charge is 0.493 e. The summed E-state index contributed by atoms with van der Waals surface area (Å²) in [5, 5.41) is 2.12. The smallest absolute Gasteiger partial charge is 0.146 e. The number of fused-ring (bicyclic) bond motifs is 3.